The van der Waals surface area contributed by atoms with Gasteiger partial charge in [0.1, 0.15) is 0 Å². The summed E-state index contributed by atoms with van der Waals surface area (Å²) < 4.78 is 6.02. The number of guanidine groups is 1. The van der Waals surface area contributed by atoms with Gasteiger partial charge in [0.05, 0.1) is 12.6 Å². The van der Waals surface area contributed by atoms with Crippen LogP contribution in [0, 0.1) is 0 Å². The third-order valence-electron chi connectivity index (χ3n) is 4.25. The van der Waals surface area contributed by atoms with E-state index in [2.05, 4.69) is 33.1 Å². The van der Waals surface area contributed by atoms with E-state index in [1.165, 1.54) is 43.4 Å². The molecular weight excluding hydrogens is 433 g/mol. The lowest BCUT2D eigenvalue weighted by molar-refractivity contribution is 0.0411. The average Bonchev–Trinajstić information content (AvgIpc) is 2.96. The molecule has 138 valence electrons. The third kappa shape index (κ3) is 9.22. The van der Waals surface area contributed by atoms with Crippen LogP contribution in [-0.2, 0) is 11.3 Å². The molecule has 0 spiro atoms. The van der Waals surface area contributed by atoms with E-state index in [1.54, 1.807) is 11.3 Å². The van der Waals surface area contributed by atoms with Gasteiger partial charge in [-0.2, -0.15) is 0 Å². The number of aliphatic imine (C=N–C) groups is 1. The normalized spacial score (nSPS) is 16.3. The van der Waals surface area contributed by atoms with E-state index >= 15 is 0 Å². The molecule has 2 rings (SSSR count). The summed E-state index contributed by atoms with van der Waals surface area (Å²) in [6, 6.07) is 4.21. The van der Waals surface area contributed by atoms with E-state index in [-0.39, 0.29) is 24.0 Å². The minimum atomic E-state index is 0. The maximum Gasteiger partial charge on any atom is 0.191 e. The molecular formula is C18H32IN3OS. The number of hydrogen-bond donors (Lipinski definition) is 2. The topological polar surface area (TPSA) is 45.7 Å². The minimum absolute atomic E-state index is 0. The molecule has 6 heteroatoms. The lowest BCUT2D eigenvalue weighted by Gasteiger charge is -2.15. The molecule has 0 amide bonds. The van der Waals surface area contributed by atoms with E-state index in [9.17, 15) is 0 Å². The number of hydrogen-bond acceptors (Lipinski definition) is 3. The van der Waals surface area contributed by atoms with Gasteiger partial charge in [0.2, 0.25) is 0 Å². The summed E-state index contributed by atoms with van der Waals surface area (Å²) in [6.07, 6.45) is 10.7. The van der Waals surface area contributed by atoms with Crippen LogP contribution < -0.4 is 10.6 Å². The van der Waals surface area contributed by atoms with Crippen LogP contribution in [0.4, 0.5) is 0 Å². The van der Waals surface area contributed by atoms with Gasteiger partial charge in [0.25, 0.3) is 0 Å². The first-order valence-corrected chi connectivity index (χ1v) is 9.85. The summed E-state index contributed by atoms with van der Waals surface area (Å²) in [7, 11) is 1.82. The smallest absolute Gasteiger partial charge is 0.191 e. The van der Waals surface area contributed by atoms with Crippen LogP contribution >= 0.6 is 35.3 Å². The molecule has 4 nitrogen and oxygen atoms in total. The molecule has 2 N–H and O–H groups in total. The molecule has 0 saturated heterocycles. The standard InChI is InChI=1S/C18H31N3OS.HI/c1-19-18(21-15-17-11-8-14-23-17)20-12-6-7-13-22-16-9-4-2-3-5-10-16;/h8,11,14,16H,2-7,9-10,12-13,15H2,1H3,(H2,19,20,21);1H. The highest BCUT2D eigenvalue weighted by atomic mass is 127. The molecule has 0 radical (unpaired) electrons. The van der Waals surface area contributed by atoms with Crippen LogP contribution in [0.3, 0.4) is 0 Å². The van der Waals surface area contributed by atoms with E-state index < -0.39 is 0 Å². The van der Waals surface area contributed by atoms with Crippen LogP contribution in [-0.4, -0.2) is 32.3 Å². The Morgan fingerprint density at radius 1 is 1.21 bits per heavy atom. The summed E-state index contributed by atoms with van der Waals surface area (Å²) in [5, 5.41) is 8.81. The molecule has 0 bridgehead atoms. The van der Waals surface area contributed by atoms with Crippen molar-refractivity contribution in [2.45, 2.75) is 64.0 Å². The Hall–Kier alpha value is -0.340. The summed E-state index contributed by atoms with van der Waals surface area (Å²) in [6.45, 7) is 2.67. The summed E-state index contributed by atoms with van der Waals surface area (Å²) in [5.41, 5.74) is 0. The van der Waals surface area contributed by atoms with Crippen molar-refractivity contribution < 1.29 is 4.74 Å². The monoisotopic (exact) mass is 465 g/mol. The van der Waals surface area contributed by atoms with Crippen LogP contribution in [0.15, 0.2) is 22.5 Å². The van der Waals surface area contributed by atoms with Gasteiger partial charge in [-0.15, -0.1) is 35.3 Å². The lowest BCUT2D eigenvalue weighted by atomic mass is 10.1. The summed E-state index contributed by atoms with van der Waals surface area (Å²) in [4.78, 5) is 5.58. The zero-order chi connectivity index (χ0) is 16.2. The van der Waals surface area contributed by atoms with Gasteiger partial charge in [-0.05, 0) is 37.1 Å². The predicted molar refractivity (Wildman–Crippen MR) is 115 cm³/mol. The first kappa shape index (κ1) is 21.7. The lowest BCUT2D eigenvalue weighted by Crippen LogP contribution is -2.37. The van der Waals surface area contributed by atoms with E-state index in [1.807, 2.05) is 7.05 Å². The molecule has 0 unspecified atom stereocenters. The van der Waals surface area contributed by atoms with Gasteiger partial charge < -0.3 is 15.4 Å². The van der Waals surface area contributed by atoms with Crippen molar-refractivity contribution >= 4 is 41.3 Å². The molecule has 1 heterocycles. The molecule has 1 saturated carbocycles. The number of thiophene rings is 1. The average molecular weight is 465 g/mol. The zero-order valence-electron chi connectivity index (χ0n) is 14.8. The van der Waals surface area contributed by atoms with E-state index in [0.29, 0.717) is 6.10 Å². The highest BCUT2D eigenvalue weighted by Crippen LogP contribution is 2.19. The van der Waals surface area contributed by atoms with Gasteiger partial charge >= 0.3 is 0 Å². The molecule has 1 aromatic heterocycles. The SMILES string of the molecule is CN=C(NCCCCOC1CCCCCC1)NCc1cccs1.I. The second-order valence-electron chi connectivity index (χ2n) is 6.12. The Labute approximate surface area is 167 Å². The fraction of sp³-hybridized carbons (Fsp3) is 0.722. The number of halogens is 1. The molecule has 1 fully saturated rings. The van der Waals surface area contributed by atoms with E-state index in [4.69, 9.17) is 4.74 Å². The molecule has 1 aromatic rings. The van der Waals surface area contributed by atoms with Crippen molar-refractivity contribution in [3.05, 3.63) is 22.4 Å². The first-order valence-electron chi connectivity index (χ1n) is 8.97. The fourth-order valence-electron chi connectivity index (χ4n) is 2.90. The number of unbranched alkanes of at least 4 members (excludes halogenated alkanes) is 1. The molecule has 0 aromatic carbocycles. The van der Waals surface area contributed by atoms with Crippen molar-refractivity contribution in [2.24, 2.45) is 4.99 Å². The number of nitrogens with zero attached hydrogens (tertiary/aromatic N) is 1. The maximum atomic E-state index is 6.02. The predicted octanol–water partition coefficient (Wildman–Crippen LogP) is 4.55. The second kappa shape index (κ2) is 13.9. The minimum Gasteiger partial charge on any atom is -0.378 e. The van der Waals surface area contributed by atoms with Crippen LogP contribution in [0.2, 0.25) is 0 Å². The quantitative estimate of drug-likeness (QED) is 0.195. The van der Waals surface area contributed by atoms with Crippen molar-refractivity contribution in [2.75, 3.05) is 20.2 Å². The maximum absolute atomic E-state index is 6.02. The van der Waals surface area contributed by atoms with Crippen LogP contribution in [0.25, 0.3) is 0 Å². The second-order valence-corrected chi connectivity index (χ2v) is 7.16. The number of nitrogens with one attached hydrogen (secondary N) is 2. The van der Waals surface area contributed by atoms with Gasteiger partial charge in [-0.25, -0.2) is 0 Å². The first-order chi connectivity index (χ1) is 11.4. The van der Waals surface area contributed by atoms with E-state index in [0.717, 1.165) is 38.5 Å². The Morgan fingerprint density at radius 3 is 2.67 bits per heavy atom. The third-order valence-corrected chi connectivity index (χ3v) is 5.13. The molecule has 1 aliphatic carbocycles. The van der Waals surface area contributed by atoms with Gasteiger partial charge in [-0.3, -0.25) is 4.99 Å². The van der Waals surface area contributed by atoms with Crippen molar-refractivity contribution in [1.29, 1.82) is 0 Å². The molecule has 0 atom stereocenters. The Kier molecular flexibility index (Phi) is 12.6. The summed E-state index contributed by atoms with van der Waals surface area (Å²) in [5.74, 6) is 0.878. The zero-order valence-corrected chi connectivity index (χ0v) is 17.9. The van der Waals surface area contributed by atoms with Crippen LogP contribution in [0.1, 0.15) is 56.2 Å². The van der Waals surface area contributed by atoms with Crippen molar-refractivity contribution in [3.8, 4) is 0 Å². The van der Waals surface area contributed by atoms with Crippen molar-refractivity contribution in [1.82, 2.24) is 10.6 Å². The summed E-state index contributed by atoms with van der Waals surface area (Å²) >= 11 is 1.76. The highest BCUT2D eigenvalue weighted by Gasteiger charge is 2.11. The van der Waals surface area contributed by atoms with Crippen molar-refractivity contribution in [3.63, 3.8) is 0 Å². The highest BCUT2D eigenvalue weighted by molar-refractivity contribution is 14.0. The largest absolute Gasteiger partial charge is 0.378 e. The fourth-order valence-corrected chi connectivity index (χ4v) is 3.54. The number of ether oxygens (including phenoxy) is 1. The molecule has 1 aliphatic rings. The number of rotatable bonds is 8. The molecule has 0 aliphatic heterocycles. The van der Waals surface area contributed by atoms with Gasteiger partial charge in [0, 0.05) is 25.1 Å². The molecule has 24 heavy (non-hydrogen) atoms. The Balaban J connectivity index is 0.00000288. The van der Waals surface area contributed by atoms with Gasteiger partial charge in [0.15, 0.2) is 5.96 Å². The van der Waals surface area contributed by atoms with Crippen LogP contribution in [0.5, 0.6) is 0 Å². The van der Waals surface area contributed by atoms with Gasteiger partial charge in [-0.1, -0.05) is 31.7 Å². The Morgan fingerprint density at radius 2 is 2.00 bits per heavy atom. The Bertz CT molecular complexity index is 431.